The van der Waals surface area contributed by atoms with E-state index in [9.17, 15) is 4.79 Å². The number of aromatic nitrogens is 2. The van der Waals surface area contributed by atoms with Crippen LogP contribution in [0.2, 0.25) is 0 Å². The highest BCUT2D eigenvalue weighted by Crippen LogP contribution is 2.15. The van der Waals surface area contributed by atoms with Crippen molar-refractivity contribution in [1.29, 1.82) is 0 Å². The van der Waals surface area contributed by atoms with Crippen molar-refractivity contribution in [3.05, 3.63) is 18.1 Å². The van der Waals surface area contributed by atoms with Gasteiger partial charge in [0, 0.05) is 26.0 Å². The number of nitrogens with zero attached hydrogens (tertiary/aromatic N) is 3. The van der Waals surface area contributed by atoms with Crippen LogP contribution in [0.5, 0.6) is 0 Å². The second-order valence-electron chi connectivity index (χ2n) is 3.93. The first-order valence-corrected chi connectivity index (χ1v) is 5.31. The van der Waals surface area contributed by atoms with Crippen molar-refractivity contribution in [2.75, 3.05) is 18.5 Å². The Morgan fingerprint density at radius 3 is 2.69 bits per heavy atom. The number of aromatic carboxylic acids is 1. The second kappa shape index (κ2) is 5.44. The van der Waals surface area contributed by atoms with Gasteiger partial charge < -0.3 is 10.0 Å². The zero-order chi connectivity index (χ0) is 12.1. The molecule has 1 atom stereocenters. The third kappa shape index (κ3) is 2.92. The van der Waals surface area contributed by atoms with Gasteiger partial charge >= 0.3 is 5.97 Å². The molecule has 0 spiro atoms. The Morgan fingerprint density at radius 1 is 1.50 bits per heavy atom. The summed E-state index contributed by atoms with van der Waals surface area (Å²) >= 11 is 0. The van der Waals surface area contributed by atoms with Crippen LogP contribution in [0.25, 0.3) is 0 Å². The predicted octanol–water partition coefficient (Wildman–Crippen LogP) is 1.66. The monoisotopic (exact) mass is 223 g/mol. The summed E-state index contributed by atoms with van der Waals surface area (Å²) in [4.78, 5) is 20.7. The zero-order valence-electron chi connectivity index (χ0n) is 9.84. The number of rotatable bonds is 5. The van der Waals surface area contributed by atoms with E-state index in [1.165, 1.54) is 12.4 Å². The van der Waals surface area contributed by atoms with Crippen LogP contribution in [-0.4, -0.2) is 34.6 Å². The van der Waals surface area contributed by atoms with Crippen LogP contribution < -0.4 is 4.90 Å². The summed E-state index contributed by atoms with van der Waals surface area (Å²) in [6, 6.07) is 0. The molecule has 5 nitrogen and oxygen atoms in total. The summed E-state index contributed by atoms with van der Waals surface area (Å²) in [7, 11) is 1.84. The highest BCUT2D eigenvalue weighted by atomic mass is 16.4. The molecule has 0 fully saturated rings. The molecule has 0 radical (unpaired) electrons. The molecule has 1 unspecified atom stereocenters. The molecule has 0 aromatic carbocycles. The molecule has 1 N–H and O–H groups in total. The molecule has 88 valence electrons. The summed E-state index contributed by atoms with van der Waals surface area (Å²) in [5, 5.41) is 8.98. The molecule has 0 saturated heterocycles. The first-order chi connectivity index (χ1) is 7.56. The molecule has 1 aromatic rings. The first kappa shape index (κ1) is 12.4. The Kier molecular flexibility index (Phi) is 4.22. The molecule has 5 heteroatoms. The van der Waals surface area contributed by atoms with E-state index in [1.807, 2.05) is 11.9 Å². The molecule has 0 amide bonds. The minimum absolute atomic E-state index is 0.00769. The Morgan fingerprint density at radius 2 is 2.12 bits per heavy atom. The van der Waals surface area contributed by atoms with E-state index >= 15 is 0 Å². The number of carboxylic acids is 1. The SMILES string of the molecule is CCC(C)CN(C)c1nccnc1C(=O)O. The number of anilines is 1. The quantitative estimate of drug-likeness (QED) is 0.822. The van der Waals surface area contributed by atoms with Gasteiger partial charge in [0.25, 0.3) is 0 Å². The Balaban J connectivity index is 2.90. The van der Waals surface area contributed by atoms with Crippen molar-refractivity contribution in [2.45, 2.75) is 20.3 Å². The third-order valence-corrected chi connectivity index (χ3v) is 2.53. The summed E-state index contributed by atoms with van der Waals surface area (Å²) in [6.07, 6.45) is 3.95. The molecule has 0 bridgehead atoms. The molecule has 1 aromatic heterocycles. The molecule has 1 heterocycles. The van der Waals surface area contributed by atoms with Gasteiger partial charge in [-0.2, -0.15) is 0 Å². The van der Waals surface area contributed by atoms with Gasteiger partial charge in [0.15, 0.2) is 11.5 Å². The number of hydrogen-bond acceptors (Lipinski definition) is 4. The smallest absolute Gasteiger partial charge is 0.358 e. The molecule has 0 saturated carbocycles. The second-order valence-corrected chi connectivity index (χ2v) is 3.93. The van der Waals surface area contributed by atoms with Crippen molar-refractivity contribution >= 4 is 11.8 Å². The fraction of sp³-hybridized carbons (Fsp3) is 0.545. The van der Waals surface area contributed by atoms with Gasteiger partial charge in [0.1, 0.15) is 0 Å². The normalized spacial score (nSPS) is 12.2. The van der Waals surface area contributed by atoms with E-state index < -0.39 is 5.97 Å². The van der Waals surface area contributed by atoms with Crippen molar-refractivity contribution in [2.24, 2.45) is 5.92 Å². The van der Waals surface area contributed by atoms with Crippen LogP contribution in [0, 0.1) is 5.92 Å². The fourth-order valence-electron chi connectivity index (χ4n) is 1.44. The minimum Gasteiger partial charge on any atom is -0.476 e. The van der Waals surface area contributed by atoms with Crippen molar-refractivity contribution < 1.29 is 9.90 Å². The minimum atomic E-state index is -1.04. The average molecular weight is 223 g/mol. The average Bonchev–Trinajstić information content (AvgIpc) is 2.28. The van der Waals surface area contributed by atoms with Gasteiger partial charge in [-0.05, 0) is 5.92 Å². The van der Waals surface area contributed by atoms with E-state index in [0.29, 0.717) is 11.7 Å². The highest BCUT2D eigenvalue weighted by Gasteiger charge is 2.17. The maximum atomic E-state index is 11.0. The van der Waals surface area contributed by atoms with Crippen LogP contribution >= 0.6 is 0 Å². The molecule has 0 aliphatic carbocycles. The van der Waals surface area contributed by atoms with Crippen LogP contribution in [0.3, 0.4) is 0 Å². The van der Waals surface area contributed by atoms with Gasteiger partial charge in [-0.3, -0.25) is 0 Å². The standard InChI is InChI=1S/C11H17N3O2/c1-4-8(2)7-14(3)10-9(11(15)16)12-5-6-13-10/h5-6,8H,4,7H2,1-3H3,(H,15,16). The largest absolute Gasteiger partial charge is 0.476 e. The number of carbonyl (C=O) groups is 1. The van der Waals surface area contributed by atoms with Crippen molar-refractivity contribution in [3.8, 4) is 0 Å². The van der Waals surface area contributed by atoms with Crippen LogP contribution in [0.4, 0.5) is 5.82 Å². The van der Waals surface area contributed by atoms with E-state index in [-0.39, 0.29) is 5.69 Å². The predicted molar refractivity (Wildman–Crippen MR) is 61.7 cm³/mol. The van der Waals surface area contributed by atoms with Crippen molar-refractivity contribution in [3.63, 3.8) is 0 Å². The molecule has 0 aliphatic rings. The van der Waals surface area contributed by atoms with E-state index in [0.717, 1.165) is 13.0 Å². The first-order valence-electron chi connectivity index (χ1n) is 5.31. The lowest BCUT2D eigenvalue weighted by atomic mass is 10.1. The lowest BCUT2D eigenvalue weighted by molar-refractivity contribution is 0.0690. The molecule has 1 rings (SSSR count). The Labute approximate surface area is 95.1 Å². The molecule has 0 aliphatic heterocycles. The van der Waals surface area contributed by atoms with Crippen LogP contribution in [0.1, 0.15) is 30.8 Å². The molecule has 16 heavy (non-hydrogen) atoms. The van der Waals surface area contributed by atoms with E-state index in [1.54, 1.807) is 0 Å². The van der Waals surface area contributed by atoms with E-state index in [4.69, 9.17) is 5.11 Å². The van der Waals surface area contributed by atoms with Gasteiger partial charge in [-0.1, -0.05) is 20.3 Å². The summed E-state index contributed by atoms with van der Waals surface area (Å²) in [5.74, 6) is -0.122. The third-order valence-electron chi connectivity index (χ3n) is 2.53. The maximum absolute atomic E-state index is 11.0. The van der Waals surface area contributed by atoms with Gasteiger partial charge in [-0.15, -0.1) is 0 Å². The lowest BCUT2D eigenvalue weighted by Gasteiger charge is -2.22. The molecular formula is C11H17N3O2. The van der Waals surface area contributed by atoms with Gasteiger partial charge in [0.05, 0.1) is 0 Å². The number of hydrogen-bond donors (Lipinski definition) is 1. The fourth-order valence-corrected chi connectivity index (χ4v) is 1.44. The van der Waals surface area contributed by atoms with Crippen molar-refractivity contribution in [1.82, 2.24) is 9.97 Å². The highest BCUT2D eigenvalue weighted by molar-refractivity contribution is 5.90. The summed E-state index contributed by atoms with van der Waals surface area (Å²) < 4.78 is 0. The lowest BCUT2D eigenvalue weighted by Crippen LogP contribution is -2.26. The topological polar surface area (TPSA) is 66.3 Å². The number of carboxylic acid groups (broad SMARTS) is 1. The van der Waals surface area contributed by atoms with Crippen LogP contribution in [-0.2, 0) is 0 Å². The summed E-state index contributed by atoms with van der Waals surface area (Å²) in [6.45, 7) is 5.00. The van der Waals surface area contributed by atoms with Crippen LogP contribution in [0.15, 0.2) is 12.4 Å². The maximum Gasteiger partial charge on any atom is 0.358 e. The van der Waals surface area contributed by atoms with Gasteiger partial charge in [-0.25, -0.2) is 14.8 Å². The zero-order valence-corrected chi connectivity index (χ0v) is 9.84. The Bertz CT molecular complexity index is 368. The van der Waals surface area contributed by atoms with E-state index in [2.05, 4.69) is 23.8 Å². The molecular weight excluding hydrogens is 206 g/mol. The summed E-state index contributed by atoms with van der Waals surface area (Å²) in [5.41, 5.74) is 0.00769. The Hall–Kier alpha value is -1.65. The van der Waals surface area contributed by atoms with Gasteiger partial charge in [0.2, 0.25) is 0 Å².